The van der Waals surface area contributed by atoms with Gasteiger partial charge in [-0.2, -0.15) is 0 Å². The largest absolute Gasteiger partial charge is 0.465 e. The first kappa shape index (κ1) is 12.6. The Labute approximate surface area is 110 Å². The third-order valence-corrected chi connectivity index (χ3v) is 2.90. The van der Waals surface area contributed by atoms with Crippen LogP contribution in [0.4, 0.5) is 0 Å². The molecule has 2 N–H and O–H groups in total. The van der Waals surface area contributed by atoms with Gasteiger partial charge in [0.05, 0.1) is 6.61 Å². The molecule has 4 nitrogen and oxygen atoms in total. The number of benzene rings is 1. The van der Waals surface area contributed by atoms with E-state index in [0.717, 1.165) is 16.5 Å². The van der Waals surface area contributed by atoms with Gasteiger partial charge in [-0.3, -0.25) is 4.79 Å². The SMILES string of the molecule is CCOC(=O)Cn1ccc2c(C(N)=S)cccc21. The molecule has 0 saturated heterocycles. The van der Waals surface area contributed by atoms with E-state index < -0.39 is 0 Å². The molecule has 0 atom stereocenters. The van der Waals surface area contributed by atoms with Crippen molar-refractivity contribution >= 4 is 34.1 Å². The molecule has 18 heavy (non-hydrogen) atoms. The van der Waals surface area contributed by atoms with Crippen molar-refractivity contribution in [1.29, 1.82) is 0 Å². The molecule has 0 radical (unpaired) electrons. The number of aromatic nitrogens is 1. The molecule has 0 aliphatic carbocycles. The molecule has 0 spiro atoms. The van der Waals surface area contributed by atoms with Crippen molar-refractivity contribution < 1.29 is 9.53 Å². The molecule has 1 heterocycles. The highest BCUT2D eigenvalue weighted by Gasteiger charge is 2.10. The molecule has 94 valence electrons. The lowest BCUT2D eigenvalue weighted by Gasteiger charge is -2.06. The van der Waals surface area contributed by atoms with Gasteiger partial charge in [0.25, 0.3) is 0 Å². The van der Waals surface area contributed by atoms with E-state index in [0.29, 0.717) is 11.6 Å². The number of nitrogens with zero attached hydrogens (tertiary/aromatic N) is 1. The second kappa shape index (κ2) is 5.18. The Bertz CT molecular complexity index is 604. The Morgan fingerprint density at radius 2 is 2.22 bits per heavy atom. The number of hydrogen-bond donors (Lipinski definition) is 1. The minimum atomic E-state index is -0.254. The second-order valence-electron chi connectivity index (χ2n) is 3.85. The Kier molecular flexibility index (Phi) is 3.62. The molecule has 0 fully saturated rings. The number of carbonyl (C=O) groups excluding carboxylic acids is 1. The van der Waals surface area contributed by atoms with Gasteiger partial charge < -0.3 is 15.0 Å². The van der Waals surface area contributed by atoms with Gasteiger partial charge in [-0.05, 0) is 19.1 Å². The van der Waals surface area contributed by atoms with Crippen LogP contribution < -0.4 is 5.73 Å². The van der Waals surface area contributed by atoms with Crippen molar-refractivity contribution in [2.45, 2.75) is 13.5 Å². The zero-order valence-electron chi connectivity index (χ0n) is 10.1. The van der Waals surface area contributed by atoms with Gasteiger partial charge in [0.1, 0.15) is 11.5 Å². The van der Waals surface area contributed by atoms with Crippen LogP contribution in [0.25, 0.3) is 10.9 Å². The first-order valence-electron chi connectivity index (χ1n) is 5.66. The lowest BCUT2D eigenvalue weighted by atomic mass is 10.1. The summed E-state index contributed by atoms with van der Waals surface area (Å²) in [5, 5.41) is 0.953. The summed E-state index contributed by atoms with van der Waals surface area (Å²) in [5.41, 5.74) is 7.42. The minimum Gasteiger partial charge on any atom is -0.465 e. The van der Waals surface area contributed by atoms with Crippen LogP contribution in [0.3, 0.4) is 0 Å². The molecule has 0 amide bonds. The van der Waals surface area contributed by atoms with Gasteiger partial charge >= 0.3 is 5.97 Å². The van der Waals surface area contributed by atoms with Gasteiger partial charge in [0.15, 0.2) is 0 Å². The number of rotatable bonds is 4. The fourth-order valence-corrected chi connectivity index (χ4v) is 2.10. The maximum atomic E-state index is 11.5. The molecule has 0 aliphatic heterocycles. The average molecular weight is 262 g/mol. The zero-order valence-corrected chi connectivity index (χ0v) is 10.9. The number of fused-ring (bicyclic) bond motifs is 1. The van der Waals surface area contributed by atoms with Crippen LogP contribution in [0.5, 0.6) is 0 Å². The van der Waals surface area contributed by atoms with E-state index in [1.54, 1.807) is 6.92 Å². The molecule has 5 heteroatoms. The molecule has 0 saturated carbocycles. The first-order valence-corrected chi connectivity index (χ1v) is 6.07. The van der Waals surface area contributed by atoms with Crippen LogP contribution in [0.15, 0.2) is 30.5 Å². The fourth-order valence-electron chi connectivity index (χ4n) is 1.92. The summed E-state index contributed by atoms with van der Waals surface area (Å²) in [7, 11) is 0. The summed E-state index contributed by atoms with van der Waals surface area (Å²) >= 11 is 5.01. The van der Waals surface area contributed by atoms with Crippen molar-refractivity contribution in [3.05, 3.63) is 36.0 Å². The van der Waals surface area contributed by atoms with Crippen molar-refractivity contribution in [2.75, 3.05) is 6.61 Å². The zero-order chi connectivity index (χ0) is 13.1. The summed E-state index contributed by atoms with van der Waals surface area (Å²) in [4.78, 5) is 11.8. The summed E-state index contributed by atoms with van der Waals surface area (Å²) in [6, 6.07) is 7.58. The normalized spacial score (nSPS) is 10.5. The highest BCUT2D eigenvalue weighted by atomic mass is 32.1. The Balaban J connectivity index is 2.40. The van der Waals surface area contributed by atoms with E-state index in [4.69, 9.17) is 22.7 Å². The second-order valence-corrected chi connectivity index (χ2v) is 4.29. The van der Waals surface area contributed by atoms with Crippen LogP contribution in [-0.4, -0.2) is 22.1 Å². The topological polar surface area (TPSA) is 57.2 Å². The predicted octanol–water partition coefficient (Wildman–Crippen LogP) is 1.84. The number of carbonyl (C=O) groups is 1. The summed E-state index contributed by atoms with van der Waals surface area (Å²) in [5.74, 6) is -0.254. The van der Waals surface area contributed by atoms with Crippen LogP contribution in [0.2, 0.25) is 0 Å². The Morgan fingerprint density at radius 1 is 1.44 bits per heavy atom. The molecule has 2 rings (SSSR count). The van der Waals surface area contributed by atoms with E-state index in [2.05, 4.69) is 0 Å². The van der Waals surface area contributed by atoms with Crippen molar-refractivity contribution in [2.24, 2.45) is 5.73 Å². The molecule has 2 aromatic rings. The monoisotopic (exact) mass is 262 g/mol. The first-order chi connectivity index (χ1) is 8.63. The van der Waals surface area contributed by atoms with Gasteiger partial charge in [0.2, 0.25) is 0 Å². The summed E-state index contributed by atoms with van der Waals surface area (Å²) in [6.07, 6.45) is 1.84. The lowest BCUT2D eigenvalue weighted by Crippen LogP contribution is -2.13. The standard InChI is InChI=1S/C13H14N2O2S/c1-2-17-12(16)8-15-7-6-9-10(13(14)18)4-3-5-11(9)15/h3-7H,2,8H2,1H3,(H2,14,18). The van der Waals surface area contributed by atoms with E-state index in [-0.39, 0.29) is 12.5 Å². The lowest BCUT2D eigenvalue weighted by molar-refractivity contribution is -0.143. The van der Waals surface area contributed by atoms with Crippen molar-refractivity contribution in [3.8, 4) is 0 Å². The van der Waals surface area contributed by atoms with E-state index >= 15 is 0 Å². The maximum absolute atomic E-state index is 11.5. The Morgan fingerprint density at radius 3 is 2.89 bits per heavy atom. The predicted molar refractivity (Wildman–Crippen MR) is 74.5 cm³/mol. The molecular weight excluding hydrogens is 248 g/mol. The quantitative estimate of drug-likeness (QED) is 0.674. The maximum Gasteiger partial charge on any atom is 0.325 e. The van der Waals surface area contributed by atoms with Crippen molar-refractivity contribution in [3.63, 3.8) is 0 Å². The van der Waals surface area contributed by atoms with E-state index in [1.165, 1.54) is 0 Å². The van der Waals surface area contributed by atoms with Gasteiger partial charge in [-0.25, -0.2) is 0 Å². The van der Waals surface area contributed by atoms with Gasteiger partial charge in [0, 0.05) is 22.7 Å². The molecule has 1 aromatic carbocycles. The van der Waals surface area contributed by atoms with Gasteiger partial charge in [-0.15, -0.1) is 0 Å². The molecule has 1 aromatic heterocycles. The molecule has 0 bridgehead atoms. The van der Waals surface area contributed by atoms with Gasteiger partial charge in [-0.1, -0.05) is 24.4 Å². The third-order valence-electron chi connectivity index (χ3n) is 2.68. The molecule has 0 aliphatic rings. The number of thiocarbonyl (C=S) groups is 1. The smallest absolute Gasteiger partial charge is 0.325 e. The van der Waals surface area contributed by atoms with E-state index in [9.17, 15) is 4.79 Å². The van der Waals surface area contributed by atoms with Crippen LogP contribution in [-0.2, 0) is 16.1 Å². The number of nitrogens with two attached hydrogens (primary N) is 1. The van der Waals surface area contributed by atoms with Crippen LogP contribution in [0, 0.1) is 0 Å². The molecule has 0 unspecified atom stereocenters. The third kappa shape index (κ3) is 2.36. The average Bonchev–Trinajstić information content (AvgIpc) is 2.72. The summed E-state index contributed by atoms with van der Waals surface area (Å²) < 4.78 is 6.76. The van der Waals surface area contributed by atoms with E-state index in [1.807, 2.05) is 35.0 Å². The Hall–Kier alpha value is -1.88. The minimum absolute atomic E-state index is 0.193. The van der Waals surface area contributed by atoms with Crippen LogP contribution in [0.1, 0.15) is 12.5 Å². The number of hydrogen-bond acceptors (Lipinski definition) is 3. The summed E-state index contributed by atoms with van der Waals surface area (Å²) in [6.45, 7) is 2.37. The highest BCUT2D eigenvalue weighted by molar-refractivity contribution is 7.80. The highest BCUT2D eigenvalue weighted by Crippen LogP contribution is 2.20. The molecular formula is C13H14N2O2S. The fraction of sp³-hybridized carbons (Fsp3) is 0.231. The number of esters is 1. The van der Waals surface area contributed by atoms with Crippen LogP contribution >= 0.6 is 12.2 Å². The number of ether oxygens (including phenoxy) is 1. The van der Waals surface area contributed by atoms with Crippen molar-refractivity contribution in [1.82, 2.24) is 4.57 Å².